The average molecular weight is 336 g/mol. The van der Waals surface area contributed by atoms with Gasteiger partial charge in [-0.1, -0.05) is 67.6 Å². The maximum atomic E-state index is 12.8. The molecular weight excluding hydrogens is 308 g/mol. The molecule has 0 aromatic heterocycles. The lowest BCUT2D eigenvalue weighted by molar-refractivity contribution is -0.134. The molecule has 1 amide bonds. The van der Waals surface area contributed by atoms with E-state index in [4.69, 9.17) is 0 Å². The van der Waals surface area contributed by atoms with Crippen LogP contribution in [0, 0.1) is 5.92 Å². The van der Waals surface area contributed by atoms with Gasteiger partial charge in [-0.2, -0.15) is 0 Å². The average Bonchev–Trinajstić information content (AvgIpc) is 2.63. The molecule has 1 aliphatic rings. The van der Waals surface area contributed by atoms with E-state index in [0.717, 1.165) is 32.6 Å². The molecule has 2 aromatic carbocycles. The van der Waals surface area contributed by atoms with Crippen LogP contribution in [0.15, 0.2) is 60.7 Å². The Morgan fingerprint density at radius 3 is 2.08 bits per heavy atom. The summed E-state index contributed by atoms with van der Waals surface area (Å²) in [5.41, 5.74) is 2.50. The molecule has 0 saturated carbocycles. The SMILES string of the molecule is CC1CCCN(C(=O)CN(Cc2ccccc2)Cc2ccccc2)C1. The summed E-state index contributed by atoms with van der Waals surface area (Å²) in [5, 5.41) is 0. The minimum Gasteiger partial charge on any atom is -0.341 e. The van der Waals surface area contributed by atoms with Gasteiger partial charge in [0.2, 0.25) is 5.91 Å². The number of hydrogen-bond acceptors (Lipinski definition) is 2. The van der Waals surface area contributed by atoms with E-state index in [9.17, 15) is 4.79 Å². The minimum absolute atomic E-state index is 0.262. The second kappa shape index (κ2) is 8.82. The quantitative estimate of drug-likeness (QED) is 0.797. The van der Waals surface area contributed by atoms with Gasteiger partial charge in [-0.15, -0.1) is 0 Å². The van der Waals surface area contributed by atoms with Gasteiger partial charge < -0.3 is 4.90 Å². The highest BCUT2D eigenvalue weighted by Gasteiger charge is 2.22. The van der Waals surface area contributed by atoms with Crippen molar-refractivity contribution in [2.24, 2.45) is 5.92 Å². The van der Waals surface area contributed by atoms with Gasteiger partial charge in [-0.25, -0.2) is 0 Å². The monoisotopic (exact) mass is 336 g/mol. The van der Waals surface area contributed by atoms with Crippen LogP contribution in [0.2, 0.25) is 0 Å². The van der Waals surface area contributed by atoms with Crippen molar-refractivity contribution in [3.8, 4) is 0 Å². The van der Waals surface area contributed by atoms with Crippen LogP contribution in [-0.2, 0) is 17.9 Å². The molecule has 1 saturated heterocycles. The molecule has 1 heterocycles. The Balaban J connectivity index is 1.67. The van der Waals surface area contributed by atoms with Crippen LogP contribution in [0.5, 0.6) is 0 Å². The summed E-state index contributed by atoms with van der Waals surface area (Å²) < 4.78 is 0. The molecule has 1 unspecified atom stereocenters. The van der Waals surface area contributed by atoms with Gasteiger partial charge in [0.1, 0.15) is 0 Å². The van der Waals surface area contributed by atoms with Crippen molar-refractivity contribution in [2.45, 2.75) is 32.9 Å². The smallest absolute Gasteiger partial charge is 0.236 e. The zero-order valence-corrected chi connectivity index (χ0v) is 15.1. The fourth-order valence-electron chi connectivity index (χ4n) is 3.56. The molecule has 0 radical (unpaired) electrons. The molecule has 1 fully saturated rings. The Morgan fingerprint density at radius 1 is 1.00 bits per heavy atom. The zero-order valence-electron chi connectivity index (χ0n) is 15.1. The molecule has 25 heavy (non-hydrogen) atoms. The lowest BCUT2D eigenvalue weighted by Gasteiger charge is -2.33. The number of hydrogen-bond donors (Lipinski definition) is 0. The molecule has 1 aliphatic heterocycles. The third-order valence-corrected chi connectivity index (χ3v) is 4.87. The second-order valence-corrected chi connectivity index (χ2v) is 7.20. The molecule has 2 aromatic rings. The van der Waals surface area contributed by atoms with E-state index in [0.29, 0.717) is 12.5 Å². The summed E-state index contributed by atoms with van der Waals surface area (Å²) in [6, 6.07) is 20.8. The van der Waals surface area contributed by atoms with Gasteiger partial charge in [0, 0.05) is 26.2 Å². The van der Waals surface area contributed by atoms with Gasteiger partial charge in [0.25, 0.3) is 0 Å². The highest BCUT2D eigenvalue weighted by molar-refractivity contribution is 5.78. The van der Waals surface area contributed by atoms with E-state index in [-0.39, 0.29) is 5.91 Å². The van der Waals surface area contributed by atoms with Crippen molar-refractivity contribution in [3.63, 3.8) is 0 Å². The Hall–Kier alpha value is -2.13. The van der Waals surface area contributed by atoms with Crippen molar-refractivity contribution in [3.05, 3.63) is 71.8 Å². The Morgan fingerprint density at radius 2 is 1.56 bits per heavy atom. The maximum absolute atomic E-state index is 12.8. The lowest BCUT2D eigenvalue weighted by Crippen LogP contribution is -2.44. The van der Waals surface area contributed by atoms with Crippen molar-refractivity contribution in [2.75, 3.05) is 19.6 Å². The maximum Gasteiger partial charge on any atom is 0.236 e. The number of nitrogens with zero attached hydrogens (tertiary/aromatic N) is 2. The number of amides is 1. The Bertz CT molecular complexity index is 615. The van der Waals surface area contributed by atoms with Crippen LogP contribution in [0.4, 0.5) is 0 Å². The summed E-state index contributed by atoms with van der Waals surface area (Å²) in [5.74, 6) is 0.882. The van der Waals surface area contributed by atoms with Crippen LogP contribution in [0.25, 0.3) is 0 Å². The topological polar surface area (TPSA) is 23.6 Å². The number of rotatable bonds is 6. The van der Waals surface area contributed by atoms with Crippen LogP contribution in [0.3, 0.4) is 0 Å². The molecular formula is C22H28N2O. The minimum atomic E-state index is 0.262. The van der Waals surface area contributed by atoms with E-state index < -0.39 is 0 Å². The van der Waals surface area contributed by atoms with Crippen molar-refractivity contribution in [1.82, 2.24) is 9.80 Å². The highest BCUT2D eigenvalue weighted by atomic mass is 16.2. The Labute approximate surface area is 151 Å². The van der Waals surface area contributed by atoms with Gasteiger partial charge in [-0.3, -0.25) is 9.69 Å². The van der Waals surface area contributed by atoms with Gasteiger partial charge >= 0.3 is 0 Å². The molecule has 1 atom stereocenters. The molecule has 132 valence electrons. The molecule has 0 spiro atoms. The third kappa shape index (κ3) is 5.43. The van der Waals surface area contributed by atoms with E-state index in [1.54, 1.807) is 0 Å². The van der Waals surface area contributed by atoms with Crippen LogP contribution < -0.4 is 0 Å². The predicted octanol–water partition coefficient (Wildman–Crippen LogP) is 3.95. The first-order valence-corrected chi connectivity index (χ1v) is 9.28. The standard InChI is InChI=1S/C22H28N2O/c1-19-9-8-14-24(15-19)22(25)18-23(16-20-10-4-2-5-11-20)17-21-12-6-3-7-13-21/h2-7,10-13,19H,8-9,14-18H2,1H3. The number of carbonyl (C=O) groups is 1. The first-order chi connectivity index (χ1) is 12.2. The van der Waals surface area contributed by atoms with Gasteiger partial charge in [0.15, 0.2) is 0 Å². The summed E-state index contributed by atoms with van der Waals surface area (Å²) >= 11 is 0. The van der Waals surface area contributed by atoms with Gasteiger partial charge in [-0.05, 0) is 29.9 Å². The van der Waals surface area contributed by atoms with E-state index >= 15 is 0 Å². The number of likely N-dealkylation sites (tertiary alicyclic amines) is 1. The van der Waals surface area contributed by atoms with E-state index in [1.807, 2.05) is 12.1 Å². The van der Waals surface area contributed by atoms with Crippen molar-refractivity contribution < 1.29 is 4.79 Å². The molecule has 0 N–H and O–H groups in total. The lowest BCUT2D eigenvalue weighted by atomic mass is 10.0. The summed E-state index contributed by atoms with van der Waals surface area (Å²) in [7, 11) is 0. The van der Waals surface area contributed by atoms with Crippen molar-refractivity contribution >= 4 is 5.91 Å². The molecule has 0 aliphatic carbocycles. The second-order valence-electron chi connectivity index (χ2n) is 7.20. The fourth-order valence-corrected chi connectivity index (χ4v) is 3.56. The summed E-state index contributed by atoms with van der Waals surface area (Å²) in [6.45, 7) is 6.13. The Kier molecular flexibility index (Phi) is 6.24. The highest BCUT2D eigenvalue weighted by Crippen LogP contribution is 2.17. The summed E-state index contributed by atoms with van der Waals surface area (Å²) in [4.78, 5) is 17.1. The first-order valence-electron chi connectivity index (χ1n) is 9.28. The van der Waals surface area contributed by atoms with Crippen molar-refractivity contribution in [1.29, 1.82) is 0 Å². The summed E-state index contributed by atoms with van der Waals surface area (Å²) in [6.07, 6.45) is 2.37. The zero-order chi connectivity index (χ0) is 17.5. The molecule has 0 bridgehead atoms. The first kappa shape index (κ1) is 17.7. The van der Waals surface area contributed by atoms with Gasteiger partial charge in [0.05, 0.1) is 6.54 Å². The number of piperidine rings is 1. The van der Waals surface area contributed by atoms with Crippen LogP contribution in [0.1, 0.15) is 30.9 Å². The normalized spacial score (nSPS) is 17.7. The van der Waals surface area contributed by atoms with E-state index in [1.165, 1.54) is 17.5 Å². The van der Waals surface area contributed by atoms with Crippen LogP contribution >= 0.6 is 0 Å². The molecule has 3 rings (SSSR count). The number of carbonyl (C=O) groups excluding carboxylic acids is 1. The fraction of sp³-hybridized carbons (Fsp3) is 0.409. The third-order valence-electron chi connectivity index (χ3n) is 4.87. The van der Waals surface area contributed by atoms with Crippen LogP contribution in [-0.4, -0.2) is 35.3 Å². The largest absolute Gasteiger partial charge is 0.341 e. The van der Waals surface area contributed by atoms with E-state index in [2.05, 4.69) is 65.3 Å². The molecule has 3 nitrogen and oxygen atoms in total. The predicted molar refractivity (Wildman–Crippen MR) is 102 cm³/mol. The number of benzene rings is 2. The molecule has 3 heteroatoms.